The molecule has 3 heterocycles. The molecule has 3 rings (SSSR count). The summed E-state index contributed by atoms with van der Waals surface area (Å²) in [6, 6.07) is 4.07. The third kappa shape index (κ3) is 4.03. The molecule has 0 atom stereocenters. The van der Waals surface area contributed by atoms with Crippen LogP contribution < -0.4 is 4.90 Å². The Bertz CT molecular complexity index is 605. The fraction of sp³-hybridized carbons (Fsp3) is 0.562. The first-order valence-corrected chi connectivity index (χ1v) is 9.29. The smallest absolute Gasteiger partial charge is 0.241 e. The number of thioether (sulfide) groups is 1. The quantitative estimate of drug-likeness (QED) is 0.805. The molecule has 1 aliphatic rings. The van der Waals surface area contributed by atoms with Crippen LogP contribution in [0.1, 0.15) is 19.7 Å². The van der Waals surface area contributed by atoms with Crippen molar-refractivity contribution in [1.82, 2.24) is 20.0 Å². The van der Waals surface area contributed by atoms with E-state index in [1.165, 1.54) is 11.5 Å². The van der Waals surface area contributed by atoms with Crippen molar-refractivity contribution in [3.63, 3.8) is 0 Å². The molecule has 124 valence electrons. The minimum atomic E-state index is 0.611. The van der Waals surface area contributed by atoms with Gasteiger partial charge < -0.3 is 9.42 Å². The summed E-state index contributed by atoms with van der Waals surface area (Å²) in [5, 5.41) is 4.08. The number of pyridine rings is 1. The lowest BCUT2D eigenvalue weighted by Gasteiger charge is -2.27. The fourth-order valence-electron chi connectivity index (χ4n) is 2.57. The van der Waals surface area contributed by atoms with Gasteiger partial charge in [-0.05, 0) is 25.2 Å². The van der Waals surface area contributed by atoms with E-state index in [2.05, 4.69) is 38.8 Å². The molecule has 1 aliphatic heterocycles. The van der Waals surface area contributed by atoms with E-state index in [4.69, 9.17) is 4.52 Å². The van der Waals surface area contributed by atoms with Gasteiger partial charge in [-0.3, -0.25) is 4.90 Å². The Morgan fingerprint density at radius 3 is 2.65 bits per heavy atom. The third-order valence-electron chi connectivity index (χ3n) is 4.06. The minimum Gasteiger partial charge on any atom is -0.355 e. The van der Waals surface area contributed by atoms with Crippen LogP contribution in [-0.4, -0.2) is 57.7 Å². The highest BCUT2D eigenvalue weighted by Gasteiger charge is 2.14. The zero-order valence-corrected chi connectivity index (χ0v) is 14.6. The van der Waals surface area contributed by atoms with Crippen molar-refractivity contribution in [2.75, 3.05) is 42.6 Å². The van der Waals surface area contributed by atoms with E-state index in [0.717, 1.165) is 37.6 Å². The summed E-state index contributed by atoms with van der Waals surface area (Å²) in [7, 11) is 0. The van der Waals surface area contributed by atoms with Gasteiger partial charge in [0, 0.05) is 36.4 Å². The van der Waals surface area contributed by atoms with Crippen LogP contribution in [0.15, 0.2) is 22.9 Å². The second-order valence-electron chi connectivity index (χ2n) is 5.48. The van der Waals surface area contributed by atoms with E-state index in [0.29, 0.717) is 18.3 Å². The van der Waals surface area contributed by atoms with Crippen LogP contribution in [0.5, 0.6) is 0 Å². The normalized spacial score (nSPS) is 15.3. The average molecular weight is 333 g/mol. The molecular formula is C16H23N5OS. The van der Waals surface area contributed by atoms with Crippen molar-refractivity contribution >= 4 is 17.6 Å². The fourth-order valence-corrected chi connectivity index (χ4v) is 3.48. The van der Waals surface area contributed by atoms with E-state index in [1.807, 2.05) is 30.1 Å². The highest BCUT2D eigenvalue weighted by Crippen LogP contribution is 2.21. The Balaban J connectivity index is 1.68. The van der Waals surface area contributed by atoms with Crippen molar-refractivity contribution in [1.29, 1.82) is 0 Å². The van der Waals surface area contributed by atoms with Crippen LogP contribution in [0, 0.1) is 0 Å². The molecule has 6 nitrogen and oxygen atoms in total. The molecule has 1 fully saturated rings. The molecule has 0 aromatic carbocycles. The second kappa shape index (κ2) is 7.79. The first kappa shape index (κ1) is 16.3. The van der Waals surface area contributed by atoms with E-state index < -0.39 is 0 Å². The summed E-state index contributed by atoms with van der Waals surface area (Å²) >= 11 is 2.00. The zero-order valence-electron chi connectivity index (χ0n) is 13.7. The highest BCUT2D eigenvalue weighted by atomic mass is 32.2. The summed E-state index contributed by atoms with van der Waals surface area (Å²) in [6.07, 6.45) is 1.84. The van der Waals surface area contributed by atoms with Crippen molar-refractivity contribution in [3.05, 3.63) is 24.2 Å². The van der Waals surface area contributed by atoms with Gasteiger partial charge in [0.2, 0.25) is 11.7 Å². The third-order valence-corrected chi connectivity index (χ3v) is 5.01. The predicted octanol–water partition coefficient (Wildman–Crippen LogP) is 2.53. The van der Waals surface area contributed by atoms with E-state index in [9.17, 15) is 0 Å². The molecule has 0 aliphatic carbocycles. The van der Waals surface area contributed by atoms with Gasteiger partial charge in [-0.15, -0.1) is 0 Å². The standard InChI is InChI=1S/C16H23N5OS/c1-3-20(4-2)12-15-18-16(19-22-15)13-5-6-14(17-11-13)21-7-9-23-10-8-21/h5-6,11H,3-4,7-10,12H2,1-2H3. The van der Waals surface area contributed by atoms with Crippen LogP contribution in [0.4, 0.5) is 5.82 Å². The van der Waals surface area contributed by atoms with Gasteiger partial charge in [0.25, 0.3) is 0 Å². The van der Waals surface area contributed by atoms with Gasteiger partial charge in [-0.2, -0.15) is 16.7 Å². The molecular weight excluding hydrogens is 310 g/mol. The summed E-state index contributed by atoms with van der Waals surface area (Å²) in [6.45, 7) is 9.01. The average Bonchev–Trinajstić information content (AvgIpc) is 3.09. The van der Waals surface area contributed by atoms with E-state index >= 15 is 0 Å². The highest BCUT2D eigenvalue weighted by molar-refractivity contribution is 7.99. The SMILES string of the molecule is CCN(CC)Cc1nc(-c2ccc(N3CCSCC3)nc2)no1. The van der Waals surface area contributed by atoms with Gasteiger partial charge in [-0.25, -0.2) is 4.98 Å². The first-order chi connectivity index (χ1) is 11.3. The van der Waals surface area contributed by atoms with Crippen LogP contribution in [0.3, 0.4) is 0 Å². The monoisotopic (exact) mass is 333 g/mol. The molecule has 2 aromatic rings. The number of hydrogen-bond acceptors (Lipinski definition) is 7. The topological polar surface area (TPSA) is 58.3 Å². The molecule has 7 heteroatoms. The largest absolute Gasteiger partial charge is 0.355 e. The van der Waals surface area contributed by atoms with Crippen molar-refractivity contribution in [3.8, 4) is 11.4 Å². The van der Waals surface area contributed by atoms with Gasteiger partial charge in [0.05, 0.1) is 6.54 Å². The van der Waals surface area contributed by atoms with Crippen molar-refractivity contribution in [2.45, 2.75) is 20.4 Å². The van der Waals surface area contributed by atoms with Crippen LogP contribution in [0.2, 0.25) is 0 Å². The molecule has 23 heavy (non-hydrogen) atoms. The Morgan fingerprint density at radius 1 is 1.22 bits per heavy atom. The number of hydrogen-bond donors (Lipinski definition) is 0. The summed E-state index contributed by atoms with van der Waals surface area (Å²) < 4.78 is 5.36. The van der Waals surface area contributed by atoms with Crippen LogP contribution in [0.25, 0.3) is 11.4 Å². The summed E-state index contributed by atoms with van der Waals surface area (Å²) in [5.74, 6) is 4.63. The predicted molar refractivity (Wildman–Crippen MR) is 93.7 cm³/mol. The maximum absolute atomic E-state index is 5.36. The lowest BCUT2D eigenvalue weighted by atomic mass is 10.2. The van der Waals surface area contributed by atoms with Gasteiger partial charge >= 0.3 is 0 Å². The first-order valence-electron chi connectivity index (χ1n) is 8.14. The Kier molecular flexibility index (Phi) is 5.51. The number of nitrogens with zero attached hydrogens (tertiary/aromatic N) is 5. The molecule has 2 aromatic heterocycles. The zero-order chi connectivity index (χ0) is 16.1. The number of rotatable bonds is 6. The summed E-state index contributed by atoms with van der Waals surface area (Å²) in [5.41, 5.74) is 0.898. The Hall–Kier alpha value is -1.60. The minimum absolute atomic E-state index is 0.611. The molecule has 0 saturated carbocycles. The molecule has 0 spiro atoms. The lowest BCUT2D eigenvalue weighted by molar-refractivity contribution is 0.246. The lowest BCUT2D eigenvalue weighted by Crippen LogP contribution is -2.32. The van der Waals surface area contributed by atoms with Crippen molar-refractivity contribution < 1.29 is 4.52 Å². The van der Waals surface area contributed by atoms with Crippen LogP contribution in [-0.2, 0) is 6.54 Å². The molecule has 0 unspecified atom stereocenters. The van der Waals surface area contributed by atoms with Gasteiger partial charge in [-0.1, -0.05) is 19.0 Å². The van der Waals surface area contributed by atoms with E-state index in [1.54, 1.807) is 0 Å². The second-order valence-corrected chi connectivity index (χ2v) is 6.70. The summed E-state index contributed by atoms with van der Waals surface area (Å²) in [4.78, 5) is 13.6. The molecule has 0 bridgehead atoms. The maximum atomic E-state index is 5.36. The Labute approximate surface area is 141 Å². The molecule has 1 saturated heterocycles. The number of aromatic nitrogens is 3. The molecule has 0 amide bonds. The molecule has 0 radical (unpaired) electrons. The van der Waals surface area contributed by atoms with Crippen LogP contribution >= 0.6 is 11.8 Å². The number of anilines is 1. The molecule has 0 N–H and O–H groups in total. The van der Waals surface area contributed by atoms with E-state index in [-0.39, 0.29) is 0 Å². The van der Waals surface area contributed by atoms with Gasteiger partial charge in [0.1, 0.15) is 5.82 Å². The Morgan fingerprint density at radius 2 is 2.00 bits per heavy atom. The van der Waals surface area contributed by atoms with Gasteiger partial charge in [0.15, 0.2) is 0 Å². The maximum Gasteiger partial charge on any atom is 0.241 e. The van der Waals surface area contributed by atoms with Crippen molar-refractivity contribution in [2.24, 2.45) is 0 Å².